The minimum Gasteiger partial charge on any atom is -0.327 e. The van der Waals surface area contributed by atoms with E-state index in [0.29, 0.717) is 12.0 Å². The Hall–Kier alpha value is -0.930. The van der Waals surface area contributed by atoms with Gasteiger partial charge in [-0.15, -0.1) is 0 Å². The van der Waals surface area contributed by atoms with Gasteiger partial charge >= 0.3 is 0 Å². The Labute approximate surface area is 123 Å². The van der Waals surface area contributed by atoms with Crippen molar-refractivity contribution in [3.05, 3.63) is 29.6 Å². The van der Waals surface area contributed by atoms with Crippen LogP contribution in [-0.2, 0) is 6.54 Å². The molecule has 3 unspecified atom stereocenters. The molecule has 1 aliphatic rings. The van der Waals surface area contributed by atoms with Gasteiger partial charge < -0.3 is 5.73 Å². The van der Waals surface area contributed by atoms with Gasteiger partial charge in [0, 0.05) is 24.8 Å². The number of hydrogen-bond acceptors (Lipinski definition) is 3. The standard InChI is InChI=1S/C17H29N3/c1-4-20(12-16-7-5-6-14(3)19-16)11-15-10-13(2)8-9-17(15)18/h5-7,13,15,17H,4,8-12,18H2,1-3H3. The monoisotopic (exact) mass is 275 g/mol. The summed E-state index contributed by atoms with van der Waals surface area (Å²) in [6, 6.07) is 6.66. The molecule has 2 N–H and O–H groups in total. The second kappa shape index (κ2) is 7.19. The maximum Gasteiger partial charge on any atom is 0.0547 e. The van der Waals surface area contributed by atoms with Crippen molar-refractivity contribution in [2.75, 3.05) is 13.1 Å². The van der Waals surface area contributed by atoms with Gasteiger partial charge in [-0.25, -0.2) is 0 Å². The molecule has 20 heavy (non-hydrogen) atoms. The molecular formula is C17H29N3. The van der Waals surface area contributed by atoms with E-state index in [-0.39, 0.29) is 0 Å². The molecule has 2 rings (SSSR count). The summed E-state index contributed by atoms with van der Waals surface area (Å²) in [6.45, 7) is 9.75. The molecule has 0 aliphatic heterocycles. The molecule has 0 aromatic carbocycles. The highest BCUT2D eigenvalue weighted by molar-refractivity contribution is 5.09. The zero-order valence-corrected chi connectivity index (χ0v) is 13.2. The molecule has 0 amide bonds. The number of aromatic nitrogens is 1. The second-order valence-corrected chi connectivity index (χ2v) is 6.44. The molecule has 3 atom stereocenters. The predicted octanol–water partition coefficient (Wildman–Crippen LogP) is 2.98. The van der Waals surface area contributed by atoms with Gasteiger partial charge in [0.15, 0.2) is 0 Å². The minimum absolute atomic E-state index is 0.380. The van der Waals surface area contributed by atoms with Gasteiger partial charge in [-0.05, 0) is 56.7 Å². The summed E-state index contributed by atoms with van der Waals surface area (Å²) in [4.78, 5) is 7.11. The van der Waals surface area contributed by atoms with Crippen molar-refractivity contribution in [3.8, 4) is 0 Å². The largest absolute Gasteiger partial charge is 0.327 e. The molecule has 1 aromatic heterocycles. The molecule has 0 radical (unpaired) electrons. The van der Waals surface area contributed by atoms with E-state index in [9.17, 15) is 0 Å². The zero-order valence-electron chi connectivity index (χ0n) is 13.2. The van der Waals surface area contributed by atoms with E-state index >= 15 is 0 Å². The number of pyridine rings is 1. The lowest BCUT2D eigenvalue weighted by Gasteiger charge is -2.36. The third kappa shape index (κ3) is 4.29. The maximum atomic E-state index is 6.32. The molecule has 0 spiro atoms. The molecule has 0 bridgehead atoms. The summed E-state index contributed by atoms with van der Waals surface area (Å²) < 4.78 is 0. The fourth-order valence-electron chi connectivity index (χ4n) is 3.29. The SMILES string of the molecule is CCN(Cc1cccc(C)n1)CC1CC(C)CCC1N. The molecule has 112 valence electrons. The number of nitrogens with zero attached hydrogens (tertiary/aromatic N) is 2. The van der Waals surface area contributed by atoms with Crippen LogP contribution in [0.3, 0.4) is 0 Å². The minimum atomic E-state index is 0.380. The number of nitrogens with two attached hydrogens (primary N) is 1. The number of hydrogen-bond donors (Lipinski definition) is 1. The topological polar surface area (TPSA) is 42.2 Å². The molecular weight excluding hydrogens is 246 g/mol. The van der Waals surface area contributed by atoms with Gasteiger partial charge in [-0.1, -0.05) is 19.9 Å². The first-order valence-electron chi connectivity index (χ1n) is 7.99. The fraction of sp³-hybridized carbons (Fsp3) is 0.706. The van der Waals surface area contributed by atoms with Crippen molar-refractivity contribution in [1.29, 1.82) is 0 Å². The zero-order chi connectivity index (χ0) is 14.5. The van der Waals surface area contributed by atoms with Crippen molar-refractivity contribution in [2.24, 2.45) is 17.6 Å². The van der Waals surface area contributed by atoms with Crippen molar-refractivity contribution in [2.45, 2.75) is 52.6 Å². The van der Waals surface area contributed by atoms with Crippen LogP contribution in [0.4, 0.5) is 0 Å². The van der Waals surface area contributed by atoms with Crippen LogP contribution in [0, 0.1) is 18.8 Å². The van der Waals surface area contributed by atoms with E-state index in [1.807, 2.05) is 0 Å². The molecule has 3 heteroatoms. The van der Waals surface area contributed by atoms with Crippen molar-refractivity contribution in [3.63, 3.8) is 0 Å². The lowest BCUT2D eigenvalue weighted by atomic mass is 9.79. The van der Waals surface area contributed by atoms with Crippen molar-refractivity contribution < 1.29 is 0 Å². The van der Waals surface area contributed by atoms with E-state index in [0.717, 1.165) is 31.2 Å². The summed E-state index contributed by atoms with van der Waals surface area (Å²) >= 11 is 0. The second-order valence-electron chi connectivity index (χ2n) is 6.44. The van der Waals surface area contributed by atoms with Gasteiger partial charge in [0.25, 0.3) is 0 Å². The van der Waals surface area contributed by atoms with Gasteiger partial charge in [-0.3, -0.25) is 9.88 Å². The van der Waals surface area contributed by atoms with Crippen molar-refractivity contribution in [1.82, 2.24) is 9.88 Å². The normalized spacial score (nSPS) is 26.9. The van der Waals surface area contributed by atoms with Crippen molar-refractivity contribution >= 4 is 0 Å². The first kappa shape index (κ1) is 15.5. The third-order valence-corrected chi connectivity index (χ3v) is 4.57. The summed E-state index contributed by atoms with van der Waals surface area (Å²) in [6.07, 6.45) is 3.76. The van der Waals surface area contributed by atoms with Gasteiger partial charge in [0.2, 0.25) is 0 Å². The lowest BCUT2D eigenvalue weighted by Crippen LogP contribution is -2.42. The highest BCUT2D eigenvalue weighted by Gasteiger charge is 2.27. The van der Waals surface area contributed by atoms with E-state index in [1.165, 1.54) is 25.0 Å². The molecule has 1 heterocycles. The summed E-state index contributed by atoms with van der Waals surface area (Å²) in [5, 5.41) is 0. The predicted molar refractivity (Wildman–Crippen MR) is 84.4 cm³/mol. The van der Waals surface area contributed by atoms with Crippen LogP contribution in [0.15, 0.2) is 18.2 Å². The molecule has 1 saturated carbocycles. The van der Waals surface area contributed by atoms with Crippen LogP contribution in [0.25, 0.3) is 0 Å². The molecule has 1 aliphatic carbocycles. The van der Waals surface area contributed by atoms with Crippen LogP contribution in [0.2, 0.25) is 0 Å². The smallest absolute Gasteiger partial charge is 0.0547 e. The van der Waals surface area contributed by atoms with Crippen LogP contribution in [-0.4, -0.2) is 29.0 Å². The Morgan fingerprint density at radius 2 is 2.15 bits per heavy atom. The van der Waals surface area contributed by atoms with E-state index < -0.39 is 0 Å². The molecule has 1 aromatic rings. The highest BCUT2D eigenvalue weighted by atomic mass is 15.1. The van der Waals surface area contributed by atoms with Gasteiger partial charge in [0.05, 0.1) is 5.69 Å². The Balaban J connectivity index is 1.94. The third-order valence-electron chi connectivity index (χ3n) is 4.57. The Kier molecular flexibility index (Phi) is 5.55. The Morgan fingerprint density at radius 1 is 1.35 bits per heavy atom. The summed E-state index contributed by atoms with van der Waals surface area (Å²) in [5.41, 5.74) is 8.59. The van der Waals surface area contributed by atoms with Crippen LogP contribution in [0.1, 0.15) is 44.5 Å². The lowest BCUT2D eigenvalue weighted by molar-refractivity contribution is 0.160. The fourth-order valence-corrected chi connectivity index (χ4v) is 3.29. The molecule has 1 fully saturated rings. The average molecular weight is 275 g/mol. The number of rotatable bonds is 5. The quantitative estimate of drug-likeness (QED) is 0.898. The van der Waals surface area contributed by atoms with Crippen LogP contribution < -0.4 is 5.73 Å². The number of aryl methyl sites for hydroxylation is 1. The first-order valence-corrected chi connectivity index (χ1v) is 7.99. The van der Waals surface area contributed by atoms with Crippen LogP contribution in [0.5, 0.6) is 0 Å². The maximum absolute atomic E-state index is 6.32. The Morgan fingerprint density at radius 3 is 2.85 bits per heavy atom. The average Bonchev–Trinajstić information content (AvgIpc) is 2.42. The van der Waals surface area contributed by atoms with E-state index in [2.05, 4.69) is 48.9 Å². The Bertz CT molecular complexity index is 418. The molecule has 3 nitrogen and oxygen atoms in total. The molecule has 0 saturated heterocycles. The highest BCUT2D eigenvalue weighted by Crippen LogP contribution is 2.28. The van der Waals surface area contributed by atoms with Gasteiger partial charge in [0.1, 0.15) is 0 Å². The summed E-state index contributed by atoms with van der Waals surface area (Å²) in [7, 11) is 0. The van der Waals surface area contributed by atoms with Crippen LogP contribution >= 0.6 is 0 Å². The van der Waals surface area contributed by atoms with Gasteiger partial charge in [-0.2, -0.15) is 0 Å². The van der Waals surface area contributed by atoms with E-state index in [4.69, 9.17) is 5.73 Å². The van der Waals surface area contributed by atoms with E-state index in [1.54, 1.807) is 0 Å². The summed E-state index contributed by atoms with van der Waals surface area (Å²) in [5.74, 6) is 1.47. The first-order chi connectivity index (χ1) is 9.58.